The van der Waals surface area contributed by atoms with E-state index in [0.717, 1.165) is 17.5 Å². The van der Waals surface area contributed by atoms with Crippen LogP contribution in [0.25, 0.3) is 0 Å². The van der Waals surface area contributed by atoms with Crippen molar-refractivity contribution in [1.29, 1.82) is 0 Å². The van der Waals surface area contributed by atoms with E-state index in [1.54, 1.807) is 11.8 Å². The largest absolute Gasteiger partial charge is 0.300 e. The molecule has 0 spiro atoms. The highest BCUT2D eigenvalue weighted by Gasteiger charge is 1.87. The fourth-order valence-electron chi connectivity index (χ4n) is 0.451. The Hall–Kier alpha value is -0.510. The van der Waals surface area contributed by atoms with Crippen molar-refractivity contribution in [2.45, 2.75) is 13.8 Å². The lowest BCUT2D eigenvalue weighted by Gasteiger charge is -1.97. The molecule has 0 saturated carbocycles. The number of nitrogens with one attached hydrogen (secondary N) is 1. The molecule has 0 rings (SSSR count). The molecule has 0 atom stereocenters. The van der Waals surface area contributed by atoms with Crippen LogP contribution in [0, 0.1) is 0 Å². The maximum absolute atomic E-state index is 4.17. The molecule has 0 heterocycles. The molecular formula is C6H13N3S. The minimum absolute atomic E-state index is 0.749. The molecule has 0 aromatic carbocycles. The van der Waals surface area contributed by atoms with Crippen LogP contribution >= 0.6 is 11.8 Å². The third-order valence-corrected chi connectivity index (χ3v) is 1.66. The van der Waals surface area contributed by atoms with Gasteiger partial charge in [-0.3, -0.25) is 4.99 Å². The van der Waals surface area contributed by atoms with E-state index in [1.807, 2.05) is 13.8 Å². The predicted molar refractivity (Wildman–Crippen MR) is 48.8 cm³/mol. The first-order valence-electron chi connectivity index (χ1n) is 3.13. The summed E-state index contributed by atoms with van der Waals surface area (Å²) in [5, 5.41) is 4.57. The van der Waals surface area contributed by atoms with E-state index in [2.05, 4.69) is 22.2 Å². The first-order chi connectivity index (χ1) is 4.81. The van der Waals surface area contributed by atoms with Gasteiger partial charge in [0, 0.05) is 13.3 Å². The molecule has 0 fully saturated rings. The molecule has 0 aliphatic heterocycles. The lowest BCUT2D eigenvalue weighted by Crippen LogP contribution is -2.04. The standard InChI is InChI=1S/C6H13N3S/c1-4-8-6(2)10-5-9-7-3/h9H,3-5H2,1-2H3/b8-6-. The highest BCUT2D eigenvalue weighted by molar-refractivity contribution is 8.13. The van der Waals surface area contributed by atoms with Gasteiger partial charge in [-0.25, -0.2) is 0 Å². The van der Waals surface area contributed by atoms with Crippen LogP contribution in [-0.2, 0) is 0 Å². The molecular weight excluding hydrogens is 146 g/mol. The number of hydrogen-bond acceptors (Lipinski definition) is 4. The molecule has 0 aromatic rings. The summed E-state index contributed by atoms with van der Waals surface area (Å²) in [7, 11) is 0. The van der Waals surface area contributed by atoms with Gasteiger partial charge in [0.2, 0.25) is 0 Å². The summed E-state index contributed by atoms with van der Waals surface area (Å²) in [6, 6.07) is 0. The molecule has 0 saturated heterocycles. The highest BCUT2D eigenvalue weighted by Crippen LogP contribution is 2.00. The van der Waals surface area contributed by atoms with E-state index in [4.69, 9.17) is 0 Å². The fraction of sp³-hybridized carbons (Fsp3) is 0.667. The summed E-state index contributed by atoms with van der Waals surface area (Å²) >= 11 is 1.63. The molecule has 4 heteroatoms. The molecule has 3 nitrogen and oxygen atoms in total. The van der Waals surface area contributed by atoms with E-state index < -0.39 is 0 Å². The zero-order chi connectivity index (χ0) is 7.82. The molecule has 0 unspecified atom stereocenters. The third kappa shape index (κ3) is 5.62. The fourth-order valence-corrected chi connectivity index (χ4v) is 1.04. The molecule has 0 radical (unpaired) electrons. The van der Waals surface area contributed by atoms with Crippen LogP contribution in [-0.4, -0.2) is 24.2 Å². The van der Waals surface area contributed by atoms with Crippen molar-refractivity contribution < 1.29 is 0 Å². The average Bonchev–Trinajstić information content (AvgIpc) is 1.89. The van der Waals surface area contributed by atoms with Gasteiger partial charge in [-0.05, 0) is 13.8 Å². The first-order valence-corrected chi connectivity index (χ1v) is 4.12. The van der Waals surface area contributed by atoms with Crippen LogP contribution < -0.4 is 5.43 Å². The van der Waals surface area contributed by atoms with Crippen LogP contribution in [0.1, 0.15) is 13.8 Å². The minimum atomic E-state index is 0.749. The van der Waals surface area contributed by atoms with E-state index in [1.165, 1.54) is 0 Å². The number of aliphatic imine (C=N–C) groups is 1. The van der Waals surface area contributed by atoms with Crippen molar-refractivity contribution in [3.8, 4) is 0 Å². The number of hydrogen-bond donors (Lipinski definition) is 1. The summed E-state index contributed by atoms with van der Waals surface area (Å²) in [5.74, 6) is 0.749. The van der Waals surface area contributed by atoms with Gasteiger partial charge in [0.05, 0.1) is 10.9 Å². The Labute approximate surface area is 66.0 Å². The van der Waals surface area contributed by atoms with Crippen molar-refractivity contribution in [3.63, 3.8) is 0 Å². The Morgan fingerprint density at radius 1 is 1.70 bits per heavy atom. The monoisotopic (exact) mass is 159 g/mol. The summed E-state index contributed by atoms with van der Waals surface area (Å²) < 4.78 is 0. The normalized spacial score (nSPS) is 11.2. The number of thioether (sulfide) groups is 1. The van der Waals surface area contributed by atoms with Crippen LogP contribution in [0.5, 0.6) is 0 Å². The first kappa shape index (κ1) is 9.49. The molecule has 0 aromatic heterocycles. The quantitative estimate of drug-likeness (QED) is 0.221. The summed E-state index contributed by atoms with van der Waals surface area (Å²) in [4.78, 5) is 4.17. The van der Waals surface area contributed by atoms with Crippen LogP contribution in [0.3, 0.4) is 0 Å². The Bertz CT molecular complexity index is 122. The van der Waals surface area contributed by atoms with Crippen molar-refractivity contribution >= 4 is 23.5 Å². The van der Waals surface area contributed by atoms with E-state index in [9.17, 15) is 0 Å². The smallest absolute Gasteiger partial charge is 0.0841 e. The second-order valence-electron chi connectivity index (χ2n) is 1.60. The van der Waals surface area contributed by atoms with Crippen molar-refractivity contribution in [1.82, 2.24) is 5.43 Å². The topological polar surface area (TPSA) is 36.8 Å². The number of rotatable bonds is 4. The number of nitrogens with zero attached hydrogens (tertiary/aromatic N) is 2. The van der Waals surface area contributed by atoms with Gasteiger partial charge >= 0.3 is 0 Å². The van der Waals surface area contributed by atoms with Crippen molar-refractivity contribution in [2.24, 2.45) is 10.1 Å². The summed E-state index contributed by atoms with van der Waals surface area (Å²) in [5.41, 5.74) is 2.73. The third-order valence-electron chi connectivity index (χ3n) is 0.838. The average molecular weight is 159 g/mol. The molecule has 0 amide bonds. The second kappa shape index (κ2) is 6.61. The van der Waals surface area contributed by atoms with Gasteiger partial charge in [-0.15, -0.1) is 0 Å². The Morgan fingerprint density at radius 2 is 2.40 bits per heavy atom. The van der Waals surface area contributed by atoms with E-state index in [0.29, 0.717) is 0 Å². The Kier molecular flexibility index (Phi) is 6.27. The summed E-state index contributed by atoms with van der Waals surface area (Å²) in [6.45, 7) is 8.14. The Balaban J connectivity index is 3.29. The van der Waals surface area contributed by atoms with Gasteiger partial charge in [-0.2, -0.15) is 5.10 Å². The van der Waals surface area contributed by atoms with Gasteiger partial charge in [0.15, 0.2) is 0 Å². The van der Waals surface area contributed by atoms with Gasteiger partial charge in [-0.1, -0.05) is 11.8 Å². The van der Waals surface area contributed by atoms with Crippen LogP contribution in [0.4, 0.5) is 0 Å². The summed E-state index contributed by atoms with van der Waals surface area (Å²) in [6.07, 6.45) is 0. The van der Waals surface area contributed by atoms with E-state index in [-0.39, 0.29) is 0 Å². The molecule has 0 bridgehead atoms. The van der Waals surface area contributed by atoms with E-state index >= 15 is 0 Å². The zero-order valence-electron chi connectivity index (χ0n) is 6.42. The maximum Gasteiger partial charge on any atom is 0.0841 e. The van der Waals surface area contributed by atoms with Crippen molar-refractivity contribution in [2.75, 3.05) is 12.4 Å². The van der Waals surface area contributed by atoms with Crippen molar-refractivity contribution in [3.05, 3.63) is 0 Å². The molecule has 0 aliphatic rings. The minimum Gasteiger partial charge on any atom is -0.300 e. The van der Waals surface area contributed by atoms with Crippen LogP contribution in [0.15, 0.2) is 10.1 Å². The highest BCUT2D eigenvalue weighted by atomic mass is 32.2. The molecule has 0 aliphatic carbocycles. The van der Waals surface area contributed by atoms with Gasteiger partial charge in [0.1, 0.15) is 0 Å². The number of hydrazone groups is 1. The SMILES string of the molecule is C=NNCS/C(C)=N\CC. The lowest BCUT2D eigenvalue weighted by atomic mass is 10.7. The lowest BCUT2D eigenvalue weighted by molar-refractivity contribution is 0.886. The van der Waals surface area contributed by atoms with Gasteiger partial charge in [0.25, 0.3) is 0 Å². The predicted octanol–water partition coefficient (Wildman–Crippen LogP) is 1.32. The van der Waals surface area contributed by atoms with Gasteiger partial charge < -0.3 is 5.43 Å². The molecule has 58 valence electrons. The zero-order valence-corrected chi connectivity index (χ0v) is 7.24. The Morgan fingerprint density at radius 3 is 2.90 bits per heavy atom. The molecule has 10 heavy (non-hydrogen) atoms. The van der Waals surface area contributed by atoms with Crippen LogP contribution in [0.2, 0.25) is 0 Å². The second-order valence-corrected chi connectivity index (χ2v) is 2.77. The maximum atomic E-state index is 4.17. The molecule has 1 N–H and O–H groups in total.